The summed E-state index contributed by atoms with van der Waals surface area (Å²) in [6, 6.07) is 2.01. The third-order valence-corrected chi connectivity index (χ3v) is 4.64. The van der Waals surface area contributed by atoms with Crippen molar-refractivity contribution in [3.63, 3.8) is 0 Å². The number of carbonyl (C=O) groups excluding carboxylic acids is 1. The Labute approximate surface area is 142 Å². The van der Waals surface area contributed by atoms with Crippen LogP contribution in [-0.4, -0.2) is 43.9 Å². The van der Waals surface area contributed by atoms with Crippen LogP contribution in [0.2, 0.25) is 0 Å². The molecule has 0 fully saturated rings. The van der Waals surface area contributed by atoms with E-state index < -0.39 is 0 Å². The van der Waals surface area contributed by atoms with Crippen molar-refractivity contribution in [1.82, 2.24) is 24.9 Å². The standard InChI is InChI=1S/C17H24N6O/c1-5-18-16-8-13-10-23(7-6-15(13)19-20-16)17(24)9-14-11(2)21-22(4)12(14)3/h8H,5-7,9-10H2,1-4H3,(H,18,20). The fourth-order valence-electron chi connectivity index (χ4n) is 3.15. The molecule has 0 unspecified atom stereocenters. The van der Waals surface area contributed by atoms with E-state index in [1.807, 2.05) is 43.5 Å². The summed E-state index contributed by atoms with van der Waals surface area (Å²) in [5.74, 6) is 0.908. The van der Waals surface area contributed by atoms with E-state index in [-0.39, 0.29) is 5.91 Å². The largest absolute Gasteiger partial charge is 0.369 e. The lowest BCUT2D eigenvalue weighted by atomic mass is 10.0. The zero-order valence-electron chi connectivity index (χ0n) is 14.8. The molecule has 0 saturated carbocycles. The van der Waals surface area contributed by atoms with Gasteiger partial charge >= 0.3 is 0 Å². The van der Waals surface area contributed by atoms with Crippen LogP contribution in [0.1, 0.15) is 35.1 Å². The average Bonchev–Trinajstić information content (AvgIpc) is 2.80. The summed E-state index contributed by atoms with van der Waals surface area (Å²) in [5, 5.41) is 16.0. The van der Waals surface area contributed by atoms with Crippen molar-refractivity contribution in [2.24, 2.45) is 7.05 Å². The van der Waals surface area contributed by atoms with Gasteiger partial charge in [0.05, 0.1) is 17.8 Å². The summed E-state index contributed by atoms with van der Waals surface area (Å²) in [7, 11) is 1.91. The van der Waals surface area contributed by atoms with Crippen LogP contribution in [0.4, 0.5) is 5.82 Å². The maximum absolute atomic E-state index is 12.7. The third kappa shape index (κ3) is 3.11. The minimum absolute atomic E-state index is 0.140. The lowest BCUT2D eigenvalue weighted by Crippen LogP contribution is -2.37. The van der Waals surface area contributed by atoms with Crippen molar-refractivity contribution < 1.29 is 4.79 Å². The second kappa shape index (κ2) is 6.59. The maximum atomic E-state index is 12.7. The Balaban J connectivity index is 1.74. The number of fused-ring (bicyclic) bond motifs is 1. The van der Waals surface area contributed by atoms with E-state index in [9.17, 15) is 4.79 Å². The molecule has 2 aromatic rings. The van der Waals surface area contributed by atoms with Crippen molar-refractivity contribution in [3.8, 4) is 0 Å². The van der Waals surface area contributed by atoms with E-state index in [1.54, 1.807) is 0 Å². The van der Waals surface area contributed by atoms with Crippen molar-refractivity contribution in [3.05, 3.63) is 34.3 Å². The van der Waals surface area contributed by atoms with Gasteiger partial charge in [-0.3, -0.25) is 9.48 Å². The first-order valence-electron chi connectivity index (χ1n) is 8.35. The molecule has 0 saturated heterocycles. The van der Waals surface area contributed by atoms with Gasteiger partial charge in [0.1, 0.15) is 5.82 Å². The van der Waals surface area contributed by atoms with Crippen molar-refractivity contribution >= 4 is 11.7 Å². The first-order valence-corrected chi connectivity index (χ1v) is 8.35. The van der Waals surface area contributed by atoms with Gasteiger partial charge in [-0.1, -0.05) is 0 Å². The van der Waals surface area contributed by atoms with Gasteiger partial charge < -0.3 is 10.2 Å². The molecule has 128 valence electrons. The lowest BCUT2D eigenvalue weighted by Gasteiger charge is -2.28. The molecule has 0 spiro atoms. The highest BCUT2D eigenvalue weighted by molar-refractivity contribution is 5.79. The molecule has 1 N–H and O–H groups in total. The molecule has 7 heteroatoms. The molecule has 7 nitrogen and oxygen atoms in total. The van der Waals surface area contributed by atoms with Gasteiger partial charge in [0.2, 0.25) is 5.91 Å². The van der Waals surface area contributed by atoms with E-state index in [2.05, 4.69) is 20.6 Å². The van der Waals surface area contributed by atoms with E-state index in [0.717, 1.165) is 47.0 Å². The van der Waals surface area contributed by atoms with Crippen LogP contribution in [0.3, 0.4) is 0 Å². The maximum Gasteiger partial charge on any atom is 0.227 e. The zero-order valence-corrected chi connectivity index (χ0v) is 14.8. The van der Waals surface area contributed by atoms with Gasteiger partial charge in [-0.15, -0.1) is 5.10 Å². The molecule has 2 aromatic heterocycles. The van der Waals surface area contributed by atoms with Gasteiger partial charge in [0.15, 0.2) is 0 Å². The molecule has 3 rings (SSSR count). The Kier molecular flexibility index (Phi) is 4.51. The Hall–Kier alpha value is -2.44. The number of nitrogens with one attached hydrogen (secondary N) is 1. The molecule has 1 aliphatic rings. The molecular formula is C17H24N6O. The van der Waals surface area contributed by atoms with E-state index in [4.69, 9.17) is 0 Å². The van der Waals surface area contributed by atoms with E-state index >= 15 is 0 Å². The number of aromatic nitrogens is 4. The predicted octanol–water partition coefficient (Wildman–Crippen LogP) is 1.39. The monoisotopic (exact) mass is 328 g/mol. The molecule has 1 amide bonds. The molecule has 0 bridgehead atoms. The molecule has 0 aromatic carbocycles. The van der Waals surface area contributed by atoms with Crippen LogP contribution in [-0.2, 0) is 31.2 Å². The van der Waals surface area contributed by atoms with Gasteiger partial charge in [-0.05, 0) is 32.4 Å². The number of anilines is 1. The normalized spacial score (nSPS) is 13.8. The van der Waals surface area contributed by atoms with E-state index in [0.29, 0.717) is 19.5 Å². The number of hydrogen-bond acceptors (Lipinski definition) is 5. The van der Waals surface area contributed by atoms with Gasteiger partial charge in [0, 0.05) is 44.4 Å². The van der Waals surface area contributed by atoms with Crippen LogP contribution in [0.25, 0.3) is 0 Å². The fraction of sp³-hybridized carbons (Fsp3) is 0.529. The summed E-state index contributed by atoms with van der Waals surface area (Å²) in [4.78, 5) is 14.6. The summed E-state index contributed by atoms with van der Waals surface area (Å²) in [6.07, 6.45) is 1.16. The molecule has 0 aliphatic carbocycles. The first-order chi connectivity index (χ1) is 11.5. The first kappa shape index (κ1) is 16.4. The Morgan fingerprint density at radius 2 is 2.12 bits per heavy atom. The van der Waals surface area contributed by atoms with Gasteiger partial charge in [-0.25, -0.2) is 0 Å². The quantitative estimate of drug-likeness (QED) is 0.918. The number of aryl methyl sites for hydroxylation is 2. The second-order valence-electron chi connectivity index (χ2n) is 6.25. The molecule has 0 atom stereocenters. The second-order valence-corrected chi connectivity index (χ2v) is 6.25. The van der Waals surface area contributed by atoms with Crippen LogP contribution in [0.5, 0.6) is 0 Å². The minimum atomic E-state index is 0.140. The lowest BCUT2D eigenvalue weighted by molar-refractivity contribution is -0.131. The SMILES string of the molecule is CCNc1cc2c(nn1)CCN(C(=O)Cc1c(C)nn(C)c1C)C2. The van der Waals surface area contributed by atoms with Crippen molar-refractivity contribution in [2.75, 3.05) is 18.4 Å². The number of amides is 1. The minimum Gasteiger partial charge on any atom is -0.369 e. The molecule has 0 radical (unpaired) electrons. The fourth-order valence-corrected chi connectivity index (χ4v) is 3.15. The zero-order chi connectivity index (χ0) is 17.3. The summed E-state index contributed by atoms with van der Waals surface area (Å²) >= 11 is 0. The van der Waals surface area contributed by atoms with Crippen LogP contribution < -0.4 is 5.32 Å². The molecule has 3 heterocycles. The van der Waals surface area contributed by atoms with Crippen LogP contribution >= 0.6 is 0 Å². The summed E-state index contributed by atoms with van der Waals surface area (Å²) < 4.78 is 1.84. The summed E-state index contributed by atoms with van der Waals surface area (Å²) in [6.45, 7) is 8.08. The Bertz CT molecular complexity index is 767. The summed E-state index contributed by atoms with van der Waals surface area (Å²) in [5.41, 5.74) is 5.10. The predicted molar refractivity (Wildman–Crippen MR) is 91.7 cm³/mol. The highest BCUT2D eigenvalue weighted by atomic mass is 16.2. The van der Waals surface area contributed by atoms with Gasteiger partial charge in [0.25, 0.3) is 0 Å². The van der Waals surface area contributed by atoms with Crippen LogP contribution in [0, 0.1) is 13.8 Å². The Morgan fingerprint density at radius 1 is 1.33 bits per heavy atom. The Morgan fingerprint density at radius 3 is 2.79 bits per heavy atom. The van der Waals surface area contributed by atoms with Crippen molar-refractivity contribution in [1.29, 1.82) is 0 Å². The number of hydrogen-bond donors (Lipinski definition) is 1. The highest BCUT2D eigenvalue weighted by Gasteiger charge is 2.24. The number of rotatable bonds is 4. The topological polar surface area (TPSA) is 75.9 Å². The number of nitrogens with zero attached hydrogens (tertiary/aromatic N) is 5. The number of carbonyl (C=O) groups is 1. The van der Waals surface area contributed by atoms with Gasteiger partial charge in [-0.2, -0.15) is 10.2 Å². The molecular weight excluding hydrogens is 304 g/mol. The smallest absolute Gasteiger partial charge is 0.227 e. The van der Waals surface area contributed by atoms with Crippen molar-refractivity contribution in [2.45, 2.75) is 40.2 Å². The molecule has 1 aliphatic heterocycles. The third-order valence-electron chi connectivity index (χ3n) is 4.64. The van der Waals surface area contributed by atoms with E-state index in [1.165, 1.54) is 0 Å². The molecule has 24 heavy (non-hydrogen) atoms. The average molecular weight is 328 g/mol. The highest BCUT2D eigenvalue weighted by Crippen LogP contribution is 2.21. The van der Waals surface area contributed by atoms with Crippen LogP contribution in [0.15, 0.2) is 6.07 Å².